The van der Waals surface area contributed by atoms with Crippen LogP contribution >= 0.6 is 0 Å². The van der Waals surface area contributed by atoms with E-state index in [1.165, 1.54) is 51.9 Å². The third kappa shape index (κ3) is 2.93. The Balaban J connectivity index is 1.50. The first-order valence-electron chi connectivity index (χ1n) is 7.41. The molecule has 1 unspecified atom stereocenters. The SMILES string of the molecule is c1ccc2c(c1)CCN(CCC1CCCNC1)C2. The van der Waals surface area contributed by atoms with E-state index >= 15 is 0 Å². The van der Waals surface area contributed by atoms with Crippen molar-refractivity contribution in [2.45, 2.75) is 32.2 Å². The molecule has 0 spiro atoms. The minimum absolute atomic E-state index is 0.913. The van der Waals surface area contributed by atoms with E-state index in [0.29, 0.717) is 0 Å². The van der Waals surface area contributed by atoms with Crippen molar-refractivity contribution >= 4 is 0 Å². The first-order chi connectivity index (χ1) is 8.92. The number of nitrogens with one attached hydrogen (secondary N) is 1. The van der Waals surface area contributed by atoms with E-state index < -0.39 is 0 Å². The van der Waals surface area contributed by atoms with Gasteiger partial charge in [0, 0.05) is 13.1 Å². The molecule has 2 heteroatoms. The van der Waals surface area contributed by atoms with E-state index in [0.717, 1.165) is 12.5 Å². The van der Waals surface area contributed by atoms with E-state index in [9.17, 15) is 0 Å². The number of rotatable bonds is 3. The lowest BCUT2D eigenvalue weighted by Gasteiger charge is -2.31. The molecule has 2 nitrogen and oxygen atoms in total. The molecular weight excluding hydrogens is 220 g/mol. The summed E-state index contributed by atoms with van der Waals surface area (Å²) in [7, 11) is 0. The molecule has 18 heavy (non-hydrogen) atoms. The average Bonchev–Trinajstić information content (AvgIpc) is 2.46. The van der Waals surface area contributed by atoms with Gasteiger partial charge in [-0.2, -0.15) is 0 Å². The summed E-state index contributed by atoms with van der Waals surface area (Å²) < 4.78 is 0. The van der Waals surface area contributed by atoms with E-state index in [2.05, 4.69) is 34.5 Å². The highest BCUT2D eigenvalue weighted by atomic mass is 15.1. The highest BCUT2D eigenvalue weighted by Crippen LogP contribution is 2.20. The third-order valence-electron chi connectivity index (χ3n) is 4.46. The maximum atomic E-state index is 3.52. The van der Waals surface area contributed by atoms with Gasteiger partial charge in [0.05, 0.1) is 0 Å². The predicted molar refractivity (Wildman–Crippen MR) is 75.6 cm³/mol. The number of nitrogens with zero attached hydrogens (tertiary/aromatic N) is 1. The summed E-state index contributed by atoms with van der Waals surface area (Å²) in [5.74, 6) is 0.913. The van der Waals surface area contributed by atoms with Crippen LogP contribution in [0.15, 0.2) is 24.3 Å². The molecule has 1 saturated heterocycles. The second-order valence-electron chi connectivity index (χ2n) is 5.80. The molecule has 98 valence electrons. The third-order valence-corrected chi connectivity index (χ3v) is 4.46. The summed E-state index contributed by atoms with van der Waals surface area (Å²) in [4.78, 5) is 2.64. The quantitative estimate of drug-likeness (QED) is 0.878. The second kappa shape index (κ2) is 5.85. The predicted octanol–water partition coefficient (Wildman–Crippen LogP) is 2.43. The molecule has 0 amide bonds. The highest BCUT2D eigenvalue weighted by Gasteiger charge is 2.18. The summed E-state index contributed by atoms with van der Waals surface area (Å²) >= 11 is 0. The van der Waals surface area contributed by atoms with Crippen LogP contribution in [0.2, 0.25) is 0 Å². The molecule has 2 aliphatic rings. The minimum atomic E-state index is 0.913. The van der Waals surface area contributed by atoms with Gasteiger partial charge >= 0.3 is 0 Å². The van der Waals surface area contributed by atoms with Gasteiger partial charge in [0.1, 0.15) is 0 Å². The molecule has 0 bridgehead atoms. The minimum Gasteiger partial charge on any atom is -0.316 e. The van der Waals surface area contributed by atoms with Crippen molar-refractivity contribution in [2.75, 3.05) is 26.2 Å². The molecule has 3 rings (SSSR count). The Bertz CT molecular complexity index is 382. The van der Waals surface area contributed by atoms with Gasteiger partial charge in [-0.1, -0.05) is 24.3 Å². The fourth-order valence-corrected chi connectivity index (χ4v) is 3.28. The number of hydrogen-bond acceptors (Lipinski definition) is 2. The molecule has 2 heterocycles. The first kappa shape index (κ1) is 12.2. The van der Waals surface area contributed by atoms with Crippen LogP contribution in [0.3, 0.4) is 0 Å². The van der Waals surface area contributed by atoms with Crippen molar-refractivity contribution in [3.63, 3.8) is 0 Å². The maximum absolute atomic E-state index is 3.52. The van der Waals surface area contributed by atoms with E-state index in [-0.39, 0.29) is 0 Å². The van der Waals surface area contributed by atoms with Crippen molar-refractivity contribution in [3.05, 3.63) is 35.4 Å². The van der Waals surface area contributed by atoms with Crippen LogP contribution in [0.4, 0.5) is 0 Å². The molecule has 0 aliphatic carbocycles. The van der Waals surface area contributed by atoms with E-state index in [1.807, 2.05) is 0 Å². The van der Waals surface area contributed by atoms with Gasteiger partial charge < -0.3 is 5.32 Å². The lowest BCUT2D eigenvalue weighted by atomic mass is 9.95. The van der Waals surface area contributed by atoms with Gasteiger partial charge in [-0.25, -0.2) is 0 Å². The van der Waals surface area contributed by atoms with Crippen LogP contribution in [0.25, 0.3) is 0 Å². The molecule has 1 aromatic carbocycles. The van der Waals surface area contributed by atoms with Crippen LogP contribution < -0.4 is 5.32 Å². The highest BCUT2D eigenvalue weighted by molar-refractivity contribution is 5.28. The van der Waals surface area contributed by atoms with Crippen LogP contribution in [-0.4, -0.2) is 31.1 Å². The molecule has 1 atom stereocenters. The monoisotopic (exact) mass is 244 g/mol. The average molecular weight is 244 g/mol. The summed E-state index contributed by atoms with van der Waals surface area (Å²) in [5.41, 5.74) is 3.11. The van der Waals surface area contributed by atoms with Gasteiger partial charge in [0.2, 0.25) is 0 Å². The normalized spacial score (nSPS) is 24.8. The fourth-order valence-electron chi connectivity index (χ4n) is 3.28. The van der Waals surface area contributed by atoms with Crippen molar-refractivity contribution < 1.29 is 0 Å². The molecule has 1 N–H and O–H groups in total. The lowest BCUT2D eigenvalue weighted by molar-refractivity contribution is 0.222. The number of benzene rings is 1. The summed E-state index contributed by atoms with van der Waals surface area (Å²) in [6.07, 6.45) is 5.40. The summed E-state index contributed by atoms with van der Waals surface area (Å²) in [5, 5.41) is 3.52. The number of hydrogen-bond donors (Lipinski definition) is 1. The zero-order chi connectivity index (χ0) is 12.2. The van der Waals surface area contributed by atoms with Crippen LogP contribution in [0.1, 0.15) is 30.4 Å². The molecule has 1 aromatic rings. The smallest absolute Gasteiger partial charge is 0.0236 e. The topological polar surface area (TPSA) is 15.3 Å². The van der Waals surface area contributed by atoms with Gasteiger partial charge in [-0.05, 0) is 62.4 Å². The van der Waals surface area contributed by atoms with Gasteiger partial charge in [-0.15, -0.1) is 0 Å². The largest absolute Gasteiger partial charge is 0.316 e. The fraction of sp³-hybridized carbons (Fsp3) is 0.625. The standard InChI is InChI=1S/C16H24N2/c1-2-6-16-13-18(11-8-15(16)5-1)10-7-14-4-3-9-17-12-14/h1-2,5-6,14,17H,3-4,7-13H2. The van der Waals surface area contributed by atoms with E-state index in [1.54, 1.807) is 11.1 Å². The molecule has 1 fully saturated rings. The molecule has 0 saturated carbocycles. The molecule has 0 aromatic heterocycles. The molecule has 2 aliphatic heterocycles. The van der Waals surface area contributed by atoms with Crippen molar-refractivity contribution in [1.82, 2.24) is 10.2 Å². The van der Waals surface area contributed by atoms with Gasteiger partial charge in [-0.3, -0.25) is 4.90 Å². The number of fused-ring (bicyclic) bond motifs is 1. The number of piperidine rings is 1. The van der Waals surface area contributed by atoms with Crippen molar-refractivity contribution in [3.8, 4) is 0 Å². The molecule has 0 radical (unpaired) electrons. The van der Waals surface area contributed by atoms with E-state index in [4.69, 9.17) is 0 Å². The van der Waals surface area contributed by atoms with Gasteiger partial charge in [0.25, 0.3) is 0 Å². The Kier molecular flexibility index (Phi) is 3.96. The zero-order valence-electron chi connectivity index (χ0n) is 11.2. The van der Waals surface area contributed by atoms with Crippen molar-refractivity contribution in [2.24, 2.45) is 5.92 Å². The first-order valence-corrected chi connectivity index (χ1v) is 7.41. The van der Waals surface area contributed by atoms with Crippen LogP contribution in [0, 0.1) is 5.92 Å². The Morgan fingerprint density at radius 2 is 2.11 bits per heavy atom. The Morgan fingerprint density at radius 1 is 1.22 bits per heavy atom. The Morgan fingerprint density at radius 3 is 2.94 bits per heavy atom. The summed E-state index contributed by atoms with van der Waals surface area (Å²) in [6, 6.07) is 8.93. The van der Waals surface area contributed by atoms with Gasteiger partial charge in [0.15, 0.2) is 0 Å². The molecular formula is C16H24N2. The lowest BCUT2D eigenvalue weighted by Crippen LogP contribution is -2.35. The summed E-state index contributed by atoms with van der Waals surface area (Å²) in [6.45, 7) is 6.16. The Hall–Kier alpha value is -0.860. The Labute approximate surface area is 110 Å². The van der Waals surface area contributed by atoms with Crippen molar-refractivity contribution in [1.29, 1.82) is 0 Å². The maximum Gasteiger partial charge on any atom is 0.0236 e. The zero-order valence-corrected chi connectivity index (χ0v) is 11.2. The van der Waals surface area contributed by atoms with Crippen LogP contribution in [-0.2, 0) is 13.0 Å². The second-order valence-corrected chi connectivity index (χ2v) is 5.80. The van der Waals surface area contributed by atoms with Crippen LogP contribution in [0.5, 0.6) is 0 Å².